The first-order chi connectivity index (χ1) is 7.96. The number of carbonyl (C=O) groups is 2. The molecule has 0 bridgehead atoms. The van der Waals surface area contributed by atoms with Crippen molar-refractivity contribution in [2.75, 3.05) is 20.3 Å². The van der Waals surface area contributed by atoms with Crippen LogP contribution in [-0.4, -0.2) is 47.7 Å². The zero-order valence-corrected chi connectivity index (χ0v) is 10.6. The Kier molecular flexibility index (Phi) is 5.08. The van der Waals surface area contributed by atoms with Crippen LogP contribution in [0.25, 0.3) is 0 Å². The molecular formula is C12H21NO4. The first kappa shape index (κ1) is 14.1. The summed E-state index contributed by atoms with van der Waals surface area (Å²) < 4.78 is 4.90. The lowest BCUT2D eigenvalue weighted by Crippen LogP contribution is -2.46. The van der Waals surface area contributed by atoms with Gasteiger partial charge in [-0.05, 0) is 19.8 Å². The number of imide groups is 1. The molecule has 0 radical (unpaired) electrons. The van der Waals surface area contributed by atoms with Gasteiger partial charge in [-0.2, -0.15) is 0 Å². The zero-order chi connectivity index (χ0) is 12.9. The number of ether oxygens (including phenoxy) is 1. The van der Waals surface area contributed by atoms with E-state index in [2.05, 4.69) is 0 Å². The Bertz CT molecular complexity index is 270. The van der Waals surface area contributed by atoms with Gasteiger partial charge in [0.25, 0.3) is 0 Å². The van der Waals surface area contributed by atoms with E-state index in [1.54, 1.807) is 14.0 Å². The predicted molar refractivity (Wildman–Crippen MR) is 62.3 cm³/mol. The fraction of sp³-hybridized carbons (Fsp3) is 0.833. The molecule has 1 fully saturated rings. The number of amides is 2. The molecule has 0 aromatic rings. The highest BCUT2D eigenvalue weighted by Crippen LogP contribution is 2.18. The zero-order valence-electron chi connectivity index (χ0n) is 10.6. The highest BCUT2D eigenvalue weighted by molar-refractivity contribution is 5.96. The molecule has 0 spiro atoms. The third-order valence-corrected chi connectivity index (χ3v) is 2.98. The van der Waals surface area contributed by atoms with Crippen LogP contribution in [-0.2, 0) is 14.3 Å². The number of β-amino-alcohol motifs (C(OH)–C–C–N with tert-alkyl or cyclic N) is 1. The van der Waals surface area contributed by atoms with Crippen molar-refractivity contribution in [2.24, 2.45) is 0 Å². The summed E-state index contributed by atoms with van der Waals surface area (Å²) in [6, 6.07) is 0. The molecule has 1 heterocycles. The molecule has 1 saturated heterocycles. The molecule has 1 N–H and O–H groups in total. The Hall–Kier alpha value is -0.940. The monoisotopic (exact) mass is 243 g/mol. The average Bonchev–Trinajstić information content (AvgIpc) is 2.41. The molecule has 1 aliphatic rings. The minimum atomic E-state index is -1.08. The van der Waals surface area contributed by atoms with E-state index in [0.717, 1.165) is 12.8 Å². The Morgan fingerprint density at radius 3 is 2.29 bits per heavy atom. The fourth-order valence-corrected chi connectivity index (χ4v) is 1.88. The number of methoxy groups -OCH3 is 1. The van der Waals surface area contributed by atoms with Crippen molar-refractivity contribution in [2.45, 2.75) is 44.6 Å². The van der Waals surface area contributed by atoms with Gasteiger partial charge in [0.05, 0.1) is 12.1 Å². The highest BCUT2D eigenvalue weighted by Gasteiger charge is 2.31. The van der Waals surface area contributed by atoms with Crippen molar-refractivity contribution in [3.63, 3.8) is 0 Å². The van der Waals surface area contributed by atoms with Gasteiger partial charge in [0.1, 0.15) is 0 Å². The summed E-state index contributed by atoms with van der Waals surface area (Å²) in [5.41, 5.74) is -1.08. The van der Waals surface area contributed by atoms with Crippen LogP contribution >= 0.6 is 0 Å². The minimum Gasteiger partial charge on any atom is -0.388 e. The second-order valence-electron chi connectivity index (χ2n) is 4.82. The van der Waals surface area contributed by atoms with Gasteiger partial charge >= 0.3 is 0 Å². The SMILES string of the molecule is COCCC(C)(O)CN1C(=O)CCCCC1=O. The van der Waals surface area contributed by atoms with Crippen LogP contribution in [0.2, 0.25) is 0 Å². The summed E-state index contributed by atoms with van der Waals surface area (Å²) in [5, 5.41) is 10.1. The summed E-state index contributed by atoms with van der Waals surface area (Å²) >= 11 is 0. The maximum atomic E-state index is 11.7. The van der Waals surface area contributed by atoms with Crippen LogP contribution in [0.5, 0.6) is 0 Å². The molecule has 1 atom stereocenters. The van der Waals surface area contributed by atoms with Gasteiger partial charge in [-0.15, -0.1) is 0 Å². The number of nitrogens with zero attached hydrogens (tertiary/aromatic N) is 1. The van der Waals surface area contributed by atoms with E-state index in [1.165, 1.54) is 4.90 Å². The van der Waals surface area contributed by atoms with Crippen LogP contribution in [0, 0.1) is 0 Å². The number of aliphatic hydroxyl groups is 1. The van der Waals surface area contributed by atoms with Gasteiger partial charge in [-0.25, -0.2) is 0 Å². The van der Waals surface area contributed by atoms with Crippen molar-refractivity contribution in [3.8, 4) is 0 Å². The Morgan fingerprint density at radius 2 is 1.82 bits per heavy atom. The maximum absolute atomic E-state index is 11.7. The molecular weight excluding hydrogens is 222 g/mol. The van der Waals surface area contributed by atoms with Crippen molar-refractivity contribution >= 4 is 11.8 Å². The first-order valence-electron chi connectivity index (χ1n) is 6.01. The van der Waals surface area contributed by atoms with E-state index in [1.807, 2.05) is 0 Å². The molecule has 2 amide bonds. The van der Waals surface area contributed by atoms with Gasteiger partial charge in [-0.1, -0.05) is 0 Å². The molecule has 17 heavy (non-hydrogen) atoms. The van der Waals surface area contributed by atoms with E-state index >= 15 is 0 Å². The molecule has 1 unspecified atom stereocenters. The standard InChI is InChI=1S/C12H21NO4/c1-12(16,7-8-17-2)9-13-10(14)5-3-4-6-11(13)15/h16H,3-9H2,1-2H3. The van der Waals surface area contributed by atoms with E-state index in [-0.39, 0.29) is 18.4 Å². The van der Waals surface area contributed by atoms with Crippen molar-refractivity contribution < 1.29 is 19.4 Å². The average molecular weight is 243 g/mol. The summed E-state index contributed by atoms with van der Waals surface area (Å²) in [5.74, 6) is -0.351. The number of hydrogen-bond acceptors (Lipinski definition) is 4. The maximum Gasteiger partial charge on any atom is 0.229 e. The van der Waals surface area contributed by atoms with Gasteiger partial charge in [0, 0.05) is 33.0 Å². The van der Waals surface area contributed by atoms with Crippen LogP contribution in [0.15, 0.2) is 0 Å². The normalized spacial score (nSPS) is 21.2. The topological polar surface area (TPSA) is 66.8 Å². The predicted octanol–water partition coefficient (Wildman–Crippen LogP) is 0.703. The second-order valence-corrected chi connectivity index (χ2v) is 4.82. The molecule has 1 rings (SSSR count). The summed E-state index contributed by atoms with van der Waals surface area (Å²) in [6.45, 7) is 2.09. The lowest BCUT2D eigenvalue weighted by atomic mass is 10.0. The minimum absolute atomic E-state index is 0.0635. The molecule has 0 aliphatic carbocycles. The molecule has 5 nitrogen and oxygen atoms in total. The molecule has 5 heteroatoms. The molecule has 0 aromatic carbocycles. The number of rotatable bonds is 5. The fourth-order valence-electron chi connectivity index (χ4n) is 1.88. The van der Waals surface area contributed by atoms with Crippen LogP contribution in [0.4, 0.5) is 0 Å². The third kappa shape index (κ3) is 4.44. The number of carbonyl (C=O) groups excluding carboxylic acids is 2. The van der Waals surface area contributed by atoms with E-state index in [0.29, 0.717) is 25.9 Å². The summed E-state index contributed by atoms with van der Waals surface area (Å²) in [7, 11) is 1.55. The third-order valence-electron chi connectivity index (χ3n) is 2.98. The van der Waals surface area contributed by atoms with Crippen LogP contribution in [0.3, 0.4) is 0 Å². The molecule has 0 saturated carbocycles. The van der Waals surface area contributed by atoms with Gasteiger partial charge < -0.3 is 9.84 Å². The van der Waals surface area contributed by atoms with Crippen LogP contribution < -0.4 is 0 Å². The van der Waals surface area contributed by atoms with E-state index < -0.39 is 5.60 Å². The van der Waals surface area contributed by atoms with Gasteiger partial charge in [-0.3, -0.25) is 14.5 Å². The first-order valence-corrected chi connectivity index (χ1v) is 6.01. The van der Waals surface area contributed by atoms with Gasteiger partial charge in [0.2, 0.25) is 11.8 Å². The summed E-state index contributed by atoms with van der Waals surface area (Å²) in [4.78, 5) is 24.7. The quantitative estimate of drug-likeness (QED) is 0.722. The lowest BCUT2D eigenvalue weighted by molar-refractivity contribution is -0.148. The van der Waals surface area contributed by atoms with Crippen molar-refractivity contribution in [1.29, 1.82) is 0 Å². The van der Waals surface area contributed by atoms with Crippen molar-refractivity contribution in [3.05, 3.63) is 0 Å². The lowest BCUT2D eigenvalue weighted by Gasteiger charge is -2.29. The summed E-state index contributed by atoms with van der Waals surface area (Å²) in [6.07, 6.45) is 2.70. The second kappa shape index (κ2) is 6.12. The Labute approximate surface area is 102 Å². The van der Waals surface area contributed by atoms with Gasteiger partial charge in [0.15, 0.2) is 0 Å². The van der Waals surface area contributed by atoms with E-state index in [4.69, 9.17) is 4.74 Å². The largest absolute Gasteiger partial charge is 0.388 e. The Balaban J connectivity index is 2.62. The number of likely N-dealkylation sites (tertiary alicyclic amines) is 1. The Morgan fingerprint density at radius 1 is 1.29 bits per heavy atom. The van der Waals surface area contributed by atoms with E-state index in [9.17, 15) is 14.7 Å². The molecule has 1 aliphatic heterocycles. The molecule has 98 valence electrons. The van der Waals surface area contributed by atoms with Crippen LogP contribution in [0.1, 0.15) is 39.0 Å². The van der Waals surface area contributed by atoms with Crippen molar-refractivity contribution in [1.82, 2.24) is 4.90 Å². The molecule has 0 aromatic heterocycles. The smallest absolute Gasteiger partial charge is 0.229 e. The number of hydrogen-bond donors (Lipinski definition) is 1. The highest BCUT2D eigenvalue weighted by atomic mass is 16.5.